The van der Waals surface area contributed by atoms with Crippen molar-refractivity contribution >= 4 is 5.97 Å². The van der Waals surface area contributed by atoms with Gasteiger partial charge >= 0.3 is 5.97 Å². The molecule has 5 nitrogen and oxygen atoms in total. The second-order valence-electron chi connectivity index (χ2n) is 8.17. The van der Waals surface area contributed by atoms with Gasteiger partial charge in [-0.05, 0) is 37.3 Å². The van der Waals surface area contributed by atoms with E-state index in [9.17, 15) is 25.2 Å². The number of unbranched alkanes of at least 4 members (excludes halogenated alkanes) is 10. The largest absolute Gasteiger partial charge is 0.508 e. The van der Waals surface area contributed by atoms with Crippen LogP contribution in [0.3, 0.4) is 0 Å². The van der Waals surface area contributed by atoms with Crippen molar-refractivity contribution in [2.45, 2.75) is 109 Å². The van der Waals surface area contributed by atoms with E-state index in [2.05, 4.69) is 6.92 Å². The first kappa shape index (κ1) is 25.3. The monoisotopic (exact) mass is 408 g/mol. The van der Waals surface area contributed by atoms with Crippen LogP contribution in [0, 0.1) is 0 Å². The van der Waals surface area contributed by atoms with Crippen LogP contribution in [-0.2, 0) is 6.42 Å². The number of aromatic carboxylic acids is 1. The van der Waals surface area contributed by atoms with Gasteiger partial charge in [-0.1, -0.05) is 77.6 Å². The smallest absolute Gasteiger partial charge is 0.339 e. The maximum atomic E-state index is 11.3. The van der Waals surface area contributed by atoms with Crippen molar-refractivity contribution in [3.8, 4) is 11.5 Å². The number of hydrogen-bond donors (Lipinski definition) is 4. The van der Waals surface area contributed by atoms with Crippen LogP contribution in [0.2, 0.25) is 0 Å². The molecule has 0 radical (unpaired) electrons. The molecule has 4 N–H and O–H groups in total. The van der Waals surface area contributed by atoms with Crippen LogP contribution >= 0.6 is 0 Å². The average molecular weight is 409 g/mol. The summed E-state index contributed by atoms with van der Waals surface area (Å²) in [5.41, 5.74) is 0.394. The fourth-order valence-electron chi connectivity index (χ4n) is 3.82. The number of carbonyl (C=O) groups is 1. The zero-order valence-electron chi connectivity index (χ0n) is 18.0. The van der Waals surface area contributed by atoms with Gasteiger partial charge in [-0.15, -0.1) is 0 Å². The van der Waals surface area contributed by atoms with Crippen LogP contribution in [0.25, 0.3) is 0 Å². The topological polar surface area (TPSA) is 98.0 Å². The Balaban J connectivity index is 2.04. The molecule has 166 valence electrons. The summed E-state index contributed by atoms with van der Waals surface area (Å²) in [5.74, 6) is -1.64. The van der Waals surface area contributed by atoms with Crippen LogP contribution in [0.4, 0.5) is 0 Å². The van der Waals surface area contributed by atoms with Gasteiger partial charge in [0.1, 0.15) is 17.1 Å². The van der Waals surface area contributed by atoms with E-state index in [1.807, 2.05) is 0 Å². The molecule has 29 heavy (non-hydrogen) atoms. The molecule has 0 saturated heterocycles. The summed E-state index contributed by atoms with van der Waals surface area (Å²) in [5, 5.41) is 38.4. The van der Waals surface area contributed by atoms with Crippen molar-refractivity contribution in [2.75, 3.05) is 0 Å². The van der Waals surface area contributed by atoms with Crippen LogP contribution in [0.5, 0.6) is 11.5 Å². The molecule has 1 atom stereocenters. The van der Waals surface area contributed by atoms with Crippen molar-refractivity contribution < 1.29 is 25.2 Å². The fourth-order valence-corrected chi connectivity index (χ4v) is 3.82. The van der Waals surface area contributed by atoms with Crippen LogP contribution in [0.1, 0.15) is 113 Å². The van der Waals surface area contributed by atoms with Gasteiger partial charge in [0.05, 0.1) is 6.10 Å². The second-order valence-corrected chi connectivity index (χ2v) is 8.17. The van der Waals surface area contributed by atoms with Crippen molar-refractivity contribution in [3.63, 3.8) is 0 Å². The van der Waals surface area contributed by atoms with E-state index in [0.29, 0.717) is 12.0 Å². The molecule has 0 aromatic heterocycles. The van der Waals surface area contributed by atoms with Crippen molar-refractivity contribution in [1.29, 1.82) is 0 Å². The summed E-state index contributed by atoms with van der Waals surface area (Å²) < 4.78 is 0. The SMILES string of the molecule is CCCCCC(O)CCCCCCCCCCCc1cc(O)cc(O)c1C(=O)O. The normalized spacial score (nSPS) is 12.2. The van der Waals surface area contributed by atoms with E-state index in [1.165, 1.54) is 51.0 Å². The zero-order chi connectivity index (χ0) is 21.5. The summed E-state index contributed by atoms with van der Waals surface area (Å²) in [6, 6.07) is 2.50. The molecule has 0 saturated carbocycles. The molecular formula is C24H40O5. The summed E-state index contributed by atoms with van der Waals surface area (Å²) in [6.45, 7) is 2.18. The molecule has 1 aromatic carbocycles. The Hall–Kier alpha value is -1.75. The van der Waals surface area contributed by atoms with E-state index < -0.39 is 5.97 Å². The van der Waals surface area contributed by atoms with E-state index in [-0.39, 0.29) is 23.2 Å². The number of phenols is 2. The molecule has 1 rings (SSSR count). The number of phenolic OH excluding ortho intramolecular Hbond substituents is 1. The van der Waals surface area contributed by atoms with Gasteiger partial charge in [-0.25, -0.2) is 4.79 Å². The molecule has 0 spiro atoms. The summed E-state index contributed by atoms with van der Waals surface area (Å²) in [4.78, 5) is 11.3. The van der Waals surface area contributed by atoms with Crippen molar-refractivity contribution in [1.82, 2.24) is 0 Å². The lowest BCUT2D eigenvalue weighted by molar-refractivity contribution is 0.0692. The molecule has 0 bridgehead atoms. The van der Waals surface area contributed by atoms with Gasteiger partial charge in [0.15, 0.2) is 0 Å². The Kier molecular flexibility index (Phi) is 13.2. The van der Waals surface area contributed by atoms with Gasteiger partial charge < -0.3 is 20.4 Å². The Morgan fingerprint density at radius 1 is 0.828 bits per heavy atom. The summed E-state index contributed by atoms with van der Waals surface area (Å²) >= 11 is 0. The number of hydrogen-bond acceptors (Lipinski definition) is 4. The molecule has 1 aromatic rings. The molecule has 0 fully saturated rings. The third-order valence-corrected chi connectivity index (χ3v) is 5.52. The predicted molar refractivity (Wildman–Crippen MR) is 117 cm³/mol. The van der Waals surface area contributed by atoms with E-state index in [1.54, 1.807) is 0 Å². The summed E-state index contributed by atoms with van der Waals surface area (Å²) in [6.07, 6.45) is 16.0. The Morgan fingerprint density at radius 3 is 1.90 bits per heavy atom. The fraction of sp³-hybridized carbons (Fsp3) is 0.708. The molecule has 0 aliphatic rings. The lowest BCUT2D eigenvalue weighted by Gasteiger charge is -2.10. The number of carboxylic acids is 1. The first-order valence-corrected chi connectivity index (χ1v) is 11.4. The first-order chi connectivity index (χ1) is 14.0. The Morgan fingerprint density at radius 2 is 1.34 bits per heavy atom. The van der Waals surface area contributed by atoms with Crippen LogP contribution in [0.15, 0.2) is 12.1 Å². The van der Waals surface area contributed by atoms with Gasteiger partial charge in [0.2, 0.25) is 0 Å². The third-order valence-electron chi connectivity index (χ3n) is 5.52. The number of aliphatic hydroxyl groups is 1. The lowest BCUT2D eigenvalue weighted by atomic mass is 9.99. The second kappa shape index (κ2) is 15.1. The maximum Gasteiger partial charge on any atom is 0.339 e. The molecule has 0 aliphatic carbocycles. The zero-order valence-corrected chi connectivity index (χ0v) is 18.0. The maximum absolute atomic E-state index is 11.3. The minimum absolute atomic E-state index is 0.0988. The van der Waals surface area contributed by atoms with Gasteiger partial charge in [-0.2, -0.15) is 0 Å². The highest BCUT2D eigenvalue weighted by Gasteiger charge is 2.16. The number of aromatic hydroxyl groups is 2. The Labute approximate surface area is 175 Å². The average Bonchev–Trinajstić information content (AvgIpc) is 2.65. The van der Waals surface area contributed by atoms with Crippen molar-refractivity contribution in [3.05, 3.63) is 23.3 Å². The molecule has 5 heteroatoms. The minimum atomic E-state index is -1.16. The minimum Gasteiger partial charge on any atom is -0.508 e. The molecule has 0 heterocycles. The van der Waals surface area contributed by atoms with Crippen molar-refractivity contribution in [2.24, 2.45) is 0 Å². The highest BCUT2D eigenvalue weighted by atomic mass is 16.4. The third kappa shape index (κ3) is 11.1. The van der Waals surface area contributed by atoms with E-state index in [4.69, 9.17) is 0 Å². The van der Waals surface area contributed by atoms with Gasteiger partial charge in [0.25, 0.3) is 0 Å². The Bertz CT molecular complexity index is 585. The summed E-state index contributed by atoms with van der Waals surface area (Å²) in [7, 11) is 0. The van der Waals surface area contributed by atoms with Gasteiger partial charge in [0, 0.05) is 6.07 Å². The van der Waals surface area contributed by atoms with E-state index in [0.717, 1.165) is 51.0 Å². The van der Waals surface area contributed by atoms with Crippen LogP contribution in [-0.4, -0.2) is 32.5 Å². The lowest BCUT2D eigenvalue weighted by Crippen LogP contribution is -2.05. The number of carboxylic acid groups (broad SMARTS) is 1. The molecule has 0 aliphatic heterocycles. The highest BCUT2D eigenvalue weighted by Crippen LogP contribution is 2.28. The van der Waals surface area contributed by atoms with E-state index >= 15 is 0 Å². The predicted octanol–water partition coefficient (Wildman–Crippen LogP) is 6.18. The number of aliphatic hydroxyl groups excluding tert-OH is 1. The molecule has 1 unspecified atom stereocenters. The first-order valence-electron chi connectivity index (χ1n) is 11.4. The number of benzene rings is 1. The standard InChI is InChI=1S/C24H40O5/c1-2-3-11-15-20(25)16-13-10-8-6-4-5-7-9-12-14-19-17-21(26)18-22(27)23(19)24(28)29/h17-18,20,25-27H,2-16H2,1H3,(H,28,29). The van der Waals surface area contributed by atoms with Crippen LogP contribution < -0.4 is 0 Å². The highest BCUT2D eigenvalue weighted by molar-refractivity contribution is 5.92. The van der Waals surface area contributed by atoms with Gasteiger partial charge in [-0.3, -0.25) is 0 Å². The quantitative estimate of drug-likeness (QED) is 0.231. The molecular weight excluding hydrogens is 368 g/mol. The number of aryl methyl sites for hydroxylation is 1. The number of rotatable bonds is 17. The molecule has 0 amide bonds.